The van der Waals surface area contributed by atoms with Crippen molar-refractivity contribution in [3.63, 3.8) is 0 Å². The number of rotatable bonds is 7. The molecule has 0 radical (unpaired) electrons. The topological polar surface area (TPSA) is 84.5 Å². The van der Waals surface area contributed by atoms with Crippen LogP contribution in [0.2, 0.25) is 0 Å². The van der Waals surface area contributed by atoms with Crippen LogP contribution in [0.15, 0.2) is 41.9 Å². The van der Waals surface area contributed by atoms with Crippen molar-refractivity contribution in [3.8, 4) is 0 Å². The van der Waals surface area contributed by atoms with Crippen LogP contribution in [0, 0.1) is 10.1 Å². The summed E-state index contributed by atoms with van der Waals surface area (Å²) in [5, 5.41) is 19.3. The summed E-state index contributed by atoms with van der Waals surface area (Å²) in [6, 6.07) is 9.92. The lowest BCUT2D eigenvalue weighted by atomic mass is 10.3. The molecule has 114 valence electrons. The average molecular weight is 317 g/mol. The van der Waals surface area contributed by atoms with Gasteiger partial charge in [0.05, 0.1) is 0 Å². The normalized spacial score (nSPS) is 10.7. The molecule has 1 aromatic carbocycles. The zero-order valence-electron chi connectivity index (χ0n) is 11.7. The van der Waals surface area contributed by atoms with E-state index in [1.807, 2.05) is 30.3 Å². The first-order chi connectivity index (χ1) is 10.8. The number of para-hydroxylation sites is 1. The van der Waals surface area contributed by atoms with Crippen LogP contribution in [0.5, 0.6) is 0 Å². The summed E-state index contributed by atoms with van der Waals surface area (Å²) >= 11 is 1.38. The van der Waals surface area contributed by atoms with Gasteiger partial charge < -0.3 is 20.7 Å². The second-order valence-electron chi connectivity index (χ2n) is 4.67. The number of fused-ring (bicyclic) bond motifs is 1. The number of imidazole rings is 1. The number of aromatic nitrogens is 2. The van der Waals surface area contributed by atoms with E-state index in [1.54, 1.807) is 11.6 Å². The first kappa shape index (κ1) is 14.3. The Morgan fingerprint density at radius 3 is 2.77 bits per heavy atom. The Hall–Kier alpha value is -2.61. The Morgan fingerprint density at radius 2 is 2.00 bits per heavy atom. The quantitative estimate of drug-likeness (QED) is 0.397. The van der Waals surface area contributed by atoms with Crippen molar-refractivity contribution in [2.45, 2.75) is 6.42 Å². The molecule has 0 aliphatic rings. The maximum atomic E-state index is 11.2. The molecule has 0 amide bonds. The molecule has 0 fully saturated rings. The van der Waals surface area contributed by atoms with Crippen LogP contribution in [0.1, 0.15) is 6.42 Å². The monoisotopic (exact) mass is 317 g/mol. The van der Waals surface area contributed by atoms with Gasteiger partial charge in [-0.25, -0.2) is 0 Å². The van der Waals surface area contributed by atoms with E-state index >= 15 is 0 Å². The van der Waals surface area contributed by atoms with Crippen LogP contribution in [0.3, 0.4) is 0 Å². The molecular weight excluding hydrogens is 302 g/mol. The lowest BCUT2D eigenvalue weighted by molar-refractivity contribution is -0.389. The van der Waals surface area contributed by atoms with E-state index in [0.29, 0.717) is 17.3 Å². The summed E-state index contributed by atoms with van der Waals surface area (Å²) in [5.41, 5.74) is 1.07. The van der Waals surface area contributed by atoms with E-state index in [9.17, 15) is 10.1 Å². The Labute approximate surface area is 130 Å². The Kier molecular flexibility index (Phi) is 4.19. The maximum Gasteiger partial charge on any atom is 0.372 e. The van der Waals surface area contributed by atoms with Gasteiger partial charge in [0, 0.05) is 24.2 Å². The van der Waals surface area contributed by atoms with E-state index in [4.69, 9.17) is 0 Å². The number of benzene rings is 1. The zero-order chi connectivity index (χ0) is 15.4. The summed E-state index contributed by atoms with van der Waals surface area (Å²) in [6.07, 6.45) is 2.49. The molecule has 3 aromatic rings. The summed E-state index contributed by atoms with van der Waals surface area (Å²) < 4.78 is 1.50. The second-order valence-corrected chi connectivity index (χ2v) is 5.54. The molecule has 0 bridgehead atoms. The predicted octanol–water partition coefficient (Wildman–Crippen LogP) is 3.22. The van der Waals surface area contributed by atoms with Crippen molar-refractivity contribution in [2.24, 2.45) is 0 Å². The van der Waals surface area contributed by atoms with Crippen molar-refractivity contribution in [1.29, 1.82) is 0 Å². The third kappa shape index (κ3) is 3.01. The summed E-state index contributed by atoms with van der Waals surface area (Å²) in [6.45, 7) is 1.40. The third-order valence-electron chi connectivity index (χ3n) is 3.16. The van der Waals surface area contributed by atoms with Crippen LogP contribution in [-0.2, 0) is 0 Å². The van der Waals surface area contributed by atoms with Crippen LogP contribution in [-0.4, -0.2) is 27.4 Å². The van der Waals surface area contributed by atoms with E-state index in [0.717, 1.165) is 18.7 Å². The Balaban J connectivity index is 1.54. The molecule has 0 atom stereocenters. The largest absolute Gasteiger partial charge is 0.385 e. The van der Waals surface area contributed by atoms with Crippen LogP contribution in [0.4, 0.5) is 17.3 Å². The highest BCUT2D eigenvalue weighted by Crippen LogP contribution is 2.27. The Morgan fingerprint density at radius 1 is 1.23 bits per heavy atom. The summed E-state index contributed by atoms with van der Waals surface area (Å²) in [7, 11) is 0. The summed E-state index contributed by atoms with van der Waals surface area (Å²) in [4.78, 5) is 15.6. The molecule has 2 heterocycles. The molecule has 22 heavy (non-hydrogen) atoms. The molecule has 0 saturated heterocycles. The smallest absolute Gasteiger partial charge is 0.372 e. The van der Waals surface area contributed by atoms with Gasteiger partial charge in [0.1, 0.15) is 6.20 Å². The van der Waals surface area contributed by atoms with Crippen molar-refractivity contribution < 1.29 is 4.92 Å². The first-order valence-electron chi connectivity index (χ1n) is 6.88. The first-order valence-corrected chi connectivity index (χ1v) is 7.76. The number of nitrogens with one attached hydrogen (secondary N) is 2. The van der Waals surface area contributed by atoms with Gasteiger partial charge in [0.15, 0.2) is 0 Å². The van der Waals surface area contributed by atoms with Crippen molar-refractivity contribution in [3.05, 3.63) is 52.0 Å². The fourth-order valence-electron chi connectivity index (χ4n) is 2.15. The lowest BCUT2D eigenvalue weighted by Crippen LogP contribution is -2.10. The SMILES string of the molecule is O=[N+]([O-])c1c(NCCCNc2ccccc2)nc2sccn12. The lowest BCUT2D eigenvalue weighted by Gasteiger charge is -2.06. The molecule has 2 N–H and O–H groups in total. The van der Waals surface area contributed by atoms with Gasteiger partial charge in [0.25, 0.3) is 4.96 Å². The van der Waals surface area contributed by atoms with Gasteiger partial charge >= 0.3 is 5.82 Å². The number of anilines is 2. The molecule has 2 aromatic heterocycles. The maximum absolute atomic E-state index is 11.2. The minimum Gasteiger partial charge on any atom is -0.385 e. The van der Waals surface area contributed by atoms with Crippen LogP contribution >= 0.6 is 11.3 Å². The van der Waals surface area contributed by atoms with Gasteiger partial charge in [0.2, 0.25) is 5.82 Å². The van der Waals surface area contributed by atoms with Crippen LogP contribution in [0.25, 0.3) is 4.96 Å². The number of hydrogen-bond acceptors (Lipinski definition) is 6. The fourth-order valence-corrected chi connectivity index (χ4v) is 2.86. The molecular formula is C14H15N5O2S. The minimum atomic E-state index is -0.405. The molecule has 0 aliphatic heterocycles. The number of thiazole rings is 1. The minimum absolute atomic E-state index is 0.00716. The predicted molar refractivity (Wildman–Crippen MR) is 87.8 cm³/mol. The second kappa shape index (κ2) is 6.44. The van der Waals surface area contributed by atoms with Gasteiger partial charge in [-0.15, -0.1) is 0 Å². The van der Waals surface area contributed by atoms with Crippen LogP contribution < -0.4 is 10.6 Å². The van der Waals surface area contributed by atoms with Crippen molar-refractivity contribution in [1.82, 2.24) is 9.38 Å². The van der Waals surface area contributed by atoms with Crippen molar-refractivity contribution >= 4 is 33.6 Å². The highest BCUT2D eigenvalue weighted by molar-refractivity contribution is 7.15. The van der Waals surface area contributed by atoms with E-state index in [-0.39, 0.29) is 5.82 Å². The molecule has 3 rings (SSSR count). The standard InChI is InChI=1S/C14H15N5O2S/c20-19(21)13-12(17-14-18(13)9-10-22-14)16-8-4-7-15-11-5-2-1-3-6-11/h1-3,5-6,9-10,15-16H,4,7-8H2. The highest BCUT2D eigenvalue weighted by Gasteiger charge is 2.22. The van der Waals surface area contributed by atoms with Crippen molar-refractivity contribution in [2.75, 3.05) is 23.7 Å². The van der Waals surface area contributed by atoms with E-state index in [2.05, 4.69) is 15.6 Å². The molecule has 8 heteroatoms. The zero-order valence-corrected chi connectivity index (χ0v) is 12.5. The molecule has 0 saturated carbocycles. The number of hydrogen-bond donors (Lipinski definition) is 2. The van der Waals surface area contributed by atoms with Gasteiger partial charge in [-0.1, -0.05) is 29.5 Å². The molecule has 0 aliphatic carbocycles. The Bertz CT molecular complexity index is 768. The molecule has 0 spiro atoms. The highest BCUT2D eigenvalue weighted by atomic mass is 32.1. The number of nitro groups is 1. The fraction of sp³-hybridized carbons (Fsp3) is 0.214. The van der Waals surface area contributed by atoms with Gasteiger partial charge in [-0.05, 0) is 23.5 Å². The average Bonchev–Trinajstić information content (AvgIpc) is 3.08. The van der Waals surface area contributed by atoms with Gasteiger partial charge in [-0.3, -0.25) is 0 Å². The van der Waals surface area contributed by atoms with E-state index < -0.39 is 4.92 Å². The van der Waals surface area contributed by atoms with E-state index in [1.165, 1.54) is 15.7 Å². The number of nitrogens with zero attached hydrogens (tertiary/aromatic N) is 3. The summed E-state index contributed by atoms with van der Waals surface area (Å²) in [5.74, 6) is 0.323. The molecule has 7 nitrogen and oxygen atoms in total. The third-order valence-corrected chi connectivity index (χ3v) is 3.92. The molecule has 0 unspecified atom stereocenters. The van der Waals surface area contributed by atoms with Gasteiger partial charge in [-0.2, -0.15) is 9.38 Å².